The Morgan fingerprint density at radius 2 is 2.10 bits per heavy atom. The Hall–Kier alpha value is -1.33. The van der Waals surface area contributed by atoms with Gasteiger partial charge in [-0.05, 0) is 18.9 Å². The summed E-state index contributed by atoms with van der Waals surface area (Å²) in [6.45, 7) is 0.744. The lowest BCUT2D eigenvalue weighted by molar-refractivity contribution is 0.0696. The van der Waals surface area contributed by atoms with E-state index in [4.69, 9.17) is 16.7 Å². The first-order valence-electron chi connectivity index (χ1n) is 6.80. The van der Waals surface area contributed by atoms with Gasteiger partial charge in [0.2, 0.25) is 0 Å². The van der Waals surface area contributed by atoms with Crippen LogP contribution in [0.5, 0.6) is 0 Å². The molecule has 0 amide bonds. The molecule has 0 saturated heterocycles. The van der Waals surface area contributed by atoms with Crippen LogP contribution < -0.4 is 5.32 Å². The van der Waals surface area contributed by atoms with Crippen molar-refractivity contribution in [3.63, 3.8) is 0 Å². The molecule has 1 aromatic heterocycles. The van der Waals surface area contributed by atoms with Crippen LogP contribution in [0.25, 0.3) is 0 Å². The van der Waals surface area contributed by atoms with Crippen LogP contribution in [-0.2, 0) is 0 Å². The molecule has 0 atom stereocenters. The maximum atomic E-state index is 10.8. The molecule has 0 radical (unpaired) electrons. The molecule has 1 fully saturated rings. The Morgan fingerprint density at radius 1 is 1.40 bits per heavy atom. The quantitative estimate of drug-likeness (QED) is 0.778. The number of rotatable bonds is 5. The van der Waals surface area contributed by atoms with Gasteiger partial charge in [-0.3, -0.25) is 0 Å². The van der Waals surface area contributed by atoms with E-state index in [0.717, 1.165) is 25.7 Å². The summed E-state index contributed by atoms with van der Waals surface area (Å²) in [5.74, 6) is -0.583. The summed E-state index contributed by atoms with van der Waals surface area (Å²) in [5, 5.41) is 21.9. The smallest absolute Gasteiger partial charge is 0.337 e. The molecule has 1 saturated carbocycles. The first-order valence-corrected chi connectivity index (χ1v) is 7.18. The summed E-state index contributed by atoms with van der Waals surface area (Å²) in [5.41, 5.74) is -0.0514. The van der Waals surface area contributed by atoms with Crippen LogP contribution in [0, 0.1) is 5.41 Å². The number of pyridine rings is 1. The highest BCUT2D eigenvalue weighted by molar-refractivity contribution is 6.33. The minimum Gasteiger partial charge on any atom is -0.478 e. The molecule has 0 bridgehead atoms. The van der Waals surface area contributed by atoms with Crippen molar-refractivity contribution in [3.05, 3.63) is 22.8 Å². The van der Waals surface area contributed by atoms with Crippen molar-refractivity contribution >= 4 is 23.4 Å². The largest absolute Gasteiger partial charge is 0.478 e. The number of carboxylic acids is 1. The lowest BCUT2D eigenvalue weighted by atomic mass is 9.74. The number of nitrogens with one attached hydrogen (secondary N) is 1. The van der Waals surface area contributed by atoms with Gasteiger partial charge in [-0.25, -0.2) is 9.78 Å². The molecule has 20 heavy (non-hydrogen) atoms. The van der Waals surface area contributed by atoms with Gasteiger partial charge in [0.05, 0.1) is 17.2 Å². The van der Waals surface area contributed by atoms with Crippen LogP contribution in [-0.4, -0.2) is 34.3 Å². The van der Waals surface area contributed by atoms with Crippen LogP contribution in [0.4, 0.5) is 5.82 Å². The molecule has 5 nitrogen and oxygen atoms in total. The van der Waals surface area contributed by atoms with Crippen LogP contribution in [0.2, 0.25) is 5.02 Å². The normalized spacial score (nSPS) is 17.7. The van der Waals surface area contributed by atoms with E-state index in [0.29, 0.717) is 12.4 Å². The molecule has 2 rings (SSSR count). The third kappa shape index (κ3) is 3.41. The Kier molecular flexibility index (Phi) is 4.83. The number of carboxylic acid groups (broad SMARTS) is 1. The first-order chi connectivity index (χ1) is 9.56. The van der Waals surface area contributed by atoms with Gasteiger partial charge < -0.3 is 15.5 Å². The lowest BCUT2D eigenvalue weighted by Crippen LogP contribution is -2.35. The fraction of sp³-hybridized carbons (Fsp3) is 0.571. The Bertz CT molecular complexity index is 487. The molecular weight excluding hydrogens is 280 g/mol. The maximum Gasteiger partial charge on any atom is 0.337 e. The molecule has 3 N–H and O–H groups in total. The molecule has 0 spiro atoms. The van der Waals surface area contributed by atoms with E-state index in [1.54, 1.807) is 0 Å². The van der Waals surface area contributed by atoms with Gasteiger partial charge in [-0.2, -0.15) is 0 Å². The number of aliphatic hydroxyl groups excluding tert-OH is 1. The molecule has 110 valence electrons. The second-order valence-electron chi connectivity index (χ2n) is 5.43. The van der Waals surface area contributed by atoms with Gasteiger partial charge in [-0.1, -0.05) is 30.9 Å². The van der Waals surface area contributed by atoms with Crippen LogP contribution in [0.3, 0.4) is 0 Å². The van der Waals surface area contributed by atoms with Crippen molar-refractivity contribution in [3.8, 4) is 0 Å². The highest BCUT2D eigenvalue weighted by Gasteiger charge is 2.31. The molecular formula is C14H19ClN2O3. The Labute approximate surface area is 123 Å². The average molecular weight is 299 g/mol. The van der Waals surface area contributed by atoms with Gasteiger partial charge in [0, 0.05) is 18.2 Å². The van der Waals surface area contributed by atoms with Gasteiger partial charge in [0.1, 0.15) is 5.82 Å². The van der Waals surface area contributed by atoms with Gasteiger partial charge in [0.15, 0.2) is 0 Å². The van der Waals surface area contributed by atoms with E-state index in [1.165, 1.54) is 18.7 Å². The maximum absolute atomic E-state index is 10.8. The molecule has 1 heterocycles. The minimum atomic E-state index is -1.05. The predicted molar refractivity (Wildman–Crippen MR) is 77.3 cm³/mol. The molecule has 1 aliphatic carbocycles. The number of aliphatic hydroxyl groups is 1. The molecule has 1 aromatic rings. The summed E-state index contributed by atoms with van der Waals surface area (Å²) < 4.78 is 0. The number of carbonyl (C=O) groups is 1. The third-order valence-corrected chi connectivity index (χ3v) is 4.26. The van der Waals surface area contributed by atoms with Crippen LogP contribution in [0.1, 0.15) is 42.5 Å². The zero-order valence-electron chi connectivity index (χ0n) is 11.2. The van der Waals surface area contributed by atoms with Crippen molar-refractivity contribution in [2.45, 2.75) is 32.1 Å². The van der Waals surface area contributed by atoms with Gasteiger partial charge >= 0.3 is 5.97 Å². The van der Waals surface area contributed by atoms with Gasteiger partial charge in [-0.15, -0.1) is 0 Å². The number of hydrogen-bond donors (Lipinski definition) is 3. The third-order valence-electron chi connectivity index (χ3n) is 3.97. The predicted octanol–water partition coefficient (Wildman–Crippen LogP) is 2.79. The Balaban J connectivity index is 2.04. The lowest BCUT2D eigenvalue weighted by Gasteiger charge is -2.35. The minimum absolute atomic E-state index is 0.0649. The summed E-state index contributed by atoms with van der Waals surface area (Å²) in [7, 11) is 0. The van der Waals surface area contributed by atoms with E-state index < -0.39 is 5.97 Å². The first kappa shape index (κ1) is 15.1. The molecule has 1 aliphatic rings. The summed E-state index contributed by atoms with van der Waals surface area (Å²) in [6.07, 6.45) is 6.72. The average Bonchev–Trinajstić information content (AvgIpc) is 2.47. The van der Waals surface area contributed by atoms with Crippen molar-refractivity contribution < 1.29 is 15.0 Å². The zero-order valence-corrected chi connectivity index (χ0v) is 12.0. The van der Waals surface area contributed by atoms with E-state index in [9.17, 15) is 9.90 Å². The van der Waals surface area contributed by atoms with E-state index in [-0.39, 0.29) is 22.6 Å². The second-order valence-corrected chi connectivity index (χ2v) is 5.84. The van der Waals surface area contributed by atoms with Crippen LogP contribution in [0.15, 0.2) is 12.3 Å². The number of anilines is 1. The fourth-order valence-electron chi connectivity index (χ4n) is 2.65. The number of aromatic carboxylic acids is 1. The van der Waals surface area contributed by atoms with Crippen molar-refractivity contribution in [2.24, 2.45) is 5.41 Å². The van der Waals surface area contributed by atoms with E-state index in [1.807, 2.05) is 0 Å². The standard InChI is InChI=1S/C14H19ClN2O3/c15-11-6-10(13(19)20)7-16-12(11)17-8-14(9-18)4-2-1-3-5-14/h6-7,18H,1-5,8-9H2,(H,16,17)(H,19,20). The van der Waals surface area contributed by atoms with E-state index >= 15 is 0 Å². The zero-order chi connectivity index (χ0) is 14.6. The number of aromatic nitrogens is 1. The molecule has 0 aliphatic heterocycles. The molecule has 6 heteroatoms. The summed E-state index contributed by atoms with van der Waals surface area (Å²) >= 11 is 6.03. The van der Waals surface area contributed by atoms with Crippen LogP contribution >= 0.6 is 11.6 Å². The van der Waals surface area contributed by atoms with E-state index in [2.05, 4.69) is 10.3 Å². The fourth-order valence-corrected chi connectivity index (χ4v) is 2.88. The molecule has 0 aromatic carbocycles. The number of nitrogens with zero attached hydrogens (tertiary/aromatic N) is 1. The molecule has 0 unspecified atom stereocenters. The highest BCUT2D eigenvalue weighted by atomic mass is 35.5. The topological polar surface area (TPSA) is 82.5 Å². The number of halogens is 1. The Morgan fingerprint density at radius 3 is 2.65 bits per heavy atom. The number of hydrogen-bond acceptors (Lipinski definition) is 4. The monoisotopic (exact) mass is 298 g/mol. The van der Waals surface area contributed by atoms with Gasteiger partial charge in [0.25, 0.3) is 0 Å². The van der Waals surface area contributed by atoms with Crippen molar-refractivity contribution in [1.82, 2.24) is 4.98 Å². The highest BCUT2D eigenvalue weighted by Crippen LogP contribution is 2.36. The second kappa shape index (κ2) is 6.41. The summed E-state index contributed by atoms with van der Waals surface area (Å²) in [6, 6.07) is 1.38. The van der Waals surface area contributed by atoms with Crippen molar-refractivity contribution in [1.29, 1.82) is 0 Å². The van der Waals surface area contributed by atoms with Crippen molar-refractivity contribution in [2.75, 3.05) is 18.5 Å². The summed E-state index contributed by atoms with van der Waals surface area (Å²) in [4.78, 5) is 14.9. The SMILES string of the molecule is O=C(O)c1cnc(NCC2(CO)CCCCC2)c(Cl)c1.